The lowest BCUT2D eigenvalue weighted by Gasteiger charge is -2.09. The van der Waals surface area contributed by atoms with Gasteiger partial charge >= 0.3 is 5.97 Å². The average Bonchev–Trinajstić information content (AvgIpc) is 2.26. The van der Waals surface area contributed by atoms with E-state index >= 15 is 0 Å². The van der Waals surface area contributed by atoms with E-state index in [-0.39, 0.29) is 22.6 Å². The molecule has 1 aromatic rings. The summed E-state index contributed by atoms with van der Waals surface area (Å²) in [6, 6.07) is 2.54. The summed E-state index contributed by atoms with van der Waals surface area (Å²) in [5, 5.41) is 8.79. The average molecular weight is 210 g/mol. The molecule has 0 spiro atoms. The van der Waals surface area contributed by atoms with Crippen molar-refractivity contribution in [2.75, 3.05) is 14.2 Å². The molecule has 0 aliphatic carbocycles. The van der Waals surface area contributed by atoms with Crippen LogP contribution in [0.5, 0.6) is 11.5 Å². The van der Waals surface area contributed by atoms with Gasteiger partial charge in [0.1, 0.15) is 11.5 Å². The lowest BCUT2D eigenvalue weighted by atomic mass is 10.1. The van der Waals surface area contributed by atoms with E-state index in [4.69, 9.17) is 14.6 Å². The van der Waals surface area contributed by atoms with Crippen LogP contribution in [-0.2, 0) is 0 Å². The topological polar surface area (TPSA) is 72.8 Å². The highest BCUT2D eigenvalue weighted by molar-refractivity contribution is 5.92. The molecule has 0 fully saturated rings. The number of aldehydes is 1. The number of hydrogen-bond donors (Lipinski definition) is 1. The molecule has 0 unspecified atom stereocenters. The lowest BCUT2D eigenvalue weighted by Crippen LogP contribution is -2.02. The molecule has 0 bridgehead atoms. The molecule has 1 rings (SSSR count). The molecule has 0 amide bonds. The third kappa shape index (κ3) is 2.07. The molecule has 80 valence electrons. The van der Waals surface area contributed by atoms with Gasteiger partial charge in [-0.15, -0.1) is 0 Å². The van der Waals surface area contributed by atoms with Crippen LogP contribution in [0.15, 0.2) is 12.1 Å². The highest BCUT2D eigenvalue weighted by atomic mass is 16.5. The first-order valence-electron chi connectivity index (χ1n) is 4.08. The molecule has 1 N–H and O–H groups in total. The molecule has 0 heterocycles. The van der Waals surface area contributed by atoms with Crippen molar-refractivity contribution in [3.8, 4) is 11.5 Å². The Morgan fingerprint density at radius 3 is 2.00 bits per heavy atom. The second-order valence-electron chi connectivity index (χ2n) is 2.72. The van der Waals surface area contributed by atoms with Crippen molar-refractivity contribution >= 4 is 12.3 Å². The van der Waals surface area contributed by atoms with E-state index in [1.165, 1.54) is 26.4 Å². The van der Waals surface area contributed by atoms with Crippen molar-refractivity contribution in [2.45, 2.75) is 0 Å². The Balaban J connectivity index is 3.41. The predicted molar refractivity (Wildman–Crippen MR) is 51.9 cm³/mol. The molecule has 0 aromatic heterocycles. The van der Waals surface area contributed by atoms with E-state index in [0.29, 0.717) is 6.29 Å². The number of rotatable bonds is 4. The van der Waals surface area contributed by atoms with Gasteiger partial charge in [0, 0.05) is 0 Å². The number of benzene rings is 1. The van der Waals surface area contributed by atoms with Gasteiger partial charge in [-0.05, 0) is 12.1 Å². The molecule has 1 aromatic carbocycles. The van der Waals surface area contributed by atoms with Gasteiger partial charge < -0.3 is 14.6 Å². The number of aromatic carboxylic acids is 1. The van der Waals surface area contributed by atoms with Gasteiger partial charge in [-0.1, -0.05) is 0 Å². The van der Waals surface area contributed by atoms with Gasteiger partial charge in [0.05, 0.1) is 25.3 Å². The number of carboxylic acids is 1. The molecular formula is C10H10O5. The summed E-state index contributed by atoms with van der Waals surface area (Å²) < 4.78 is 9.79. The van der Waals surface area contributed by atoms with Crippen molar-refractivity contribution < 1.29 is 24.2 Å². The fourth-order valence-corrected chi connectivity index (χ4v) is 1.18. The minimum absolute atomic E-state index is 0.00861. The van der Waals surface area contributed by atoms with E-state index in [1.54, 1.807) is 0 Å². The molecule has 0 aliphatic rings. The second kappa shape index (κ2) is 4.45. The van der Waals surface area contributed by atoms with E-state index in [2.05, 4.69) is 0 Å². The zero-order valence-corrected chi connectivity index (χ0v) is 8.31. The normalized spacial score (nSPS) is 9.47. The second-order valence-corrected chi connectivity index (χ2v) is 2.72. The first kappa shape index (κ1) is 11.0. The van der Waals surface area contributed by atoms with Crippen molar-refractivity contribution in [1.82, 2.24) is 0 Å². The van der Waals surface area contributed by atoms with E-state index in [9.17, 15) is 9.59 Å². The third-order valence-corrected chi connectivity index (χ3v) is 1.91. The fraction of sp³-hybridized carbons (Fsp3) is 0.200. The lowest BCUT2D eigenvalue weighted by molar-refractivity contribution is 0.0695. The Morgan fingerprint density at radius 1 is 1.27 bits per heavy atom. The summed E-state index contributed by atoms with van der Waals surface area (Å²) in [5.41, 5.74) is 0.208. The van der Waals surface area contributed by atoms with Crippen LogP contribution in [0.3, 0.4) is 0 Å². The molecule has 0 saturated heterocycles. The Hall–Kier alpha value is -2.04. The van der Waals surface area contributed by atoms with E-state index in [0.717, 1.165) is 0 Å². The molecule has 0 radical (unpaired) electrons. The summed E-state index contributed by atoms with van der Waals surface area (Å²) in [6.45, 7) is 0. The largest absolute Gasteiger partial charge is 0.496 e. The maximum absolute atomic E-state index is 10.7. The summed E-state index contributed by atoms with van der Waals surface area (Å²) in [4.78, 5) is 21.5. The molecule has 0 saturated carbocycles. The van der Waals surface area contributed by atoms with Gasteiger partial charge in [0.2, 0.25) is 0 Å². The van der Waals surface area contributed by atoms with Gasteiger partial charge in [-0.3, -0.25) is 4.79 Å². The minimum Gasteiger partial charge on any atom is -0.496 e. The van der Waals surface area contributed by atoms with E-state index < -0.39 is 5.97 Å². The molecule has 15 heavy (non-hydrogen) atoms. The fourth-order valence-electron chi connectivity index (χ4n) is 1.18. The Morgan fingerprint density at radius 2 is 1.73 bits per heavy atom. The maximum Gasteiger partial charge on any atom is 0.335 e. The Labute approximate surface area is 86.2 Å². The van der Waals surface area contributed by atoms with Crippen molar-refractivity contribution in [3.05, 3.63) is 23.3 Å². The van der Waals surface area contributed by atoms with Crippen LogP contribution in [0, 0.1) is 0 Å². The summed E-state index contributed by atoms with van der Waals surface area (Å²) in [7, 11) is 2.71. The van der Waals surface area contributed by atoms with Gasteiger partial charge in [-0.25, -0.2) is 4.79 Å². The molecular weight excluding hydrogens is 200 g/mol. The summed E-state index contributed by atoms with van der Waals surface area (Å²) in [6.07, 6.45) is 0.559. The van der Waals surface area contributed by atoms with Crippen LogP contribution < -0.4 is 9.47 Å². The predicted octanol–water partition coefficient (Wildman–Crippen LogP) is 1.21. The number of ether oxygens (including phenoxy) is 2. The first-order chi connectivity index (χ1) is 7.13. The zero-order chi connectivity index (χ0) is 11.4. The Kier molecular flexibility index (Phi) is 3.28. The monoisotopic (exact) mass is 210 g/mol. The van der Waals surface area contributed by atoms with Crippen LogP contribution in [0.1, 0.15) is 20.7 Å². The number of carbonyl (C=O) groups is 2. The third-order valence-electron chi connectivity index (χ3n) is 1.91. The highest BCUT2D eigenvalue weighted by Gasteiger charge is 2.14. The number of hydrogen-bond acceptors (Lipinski definition) is 4. The molecule has 5 nitrogen and oxygen atoms in total. The maximum atomic E-state index is 10.7. The quantitative estimate of drug-likeness (QED) is 0.756. The van der Waals surface area contributed by atoms with Crippen LogP contribution in [0.2, 0.25) is 0 Å². The van der Waals surface area contributed by atoms with Gasteiger partial charge in [-0.2, -0.15) is 0 Å². The Bertz CT molecular complexity index is 372. The van der Waals surface area contributed by atoms with Crippen LogP contribution in [0.4, 0.5) is 0 Å². The van der Waals surface area contributed by atoms with Crippen LogP contribution >= 0.6 is 0 Å². The standard InChI is InChI=1S/C10H10O5/c1-14-8-3-6(10(12)13)4-9(15-2)7(8)5-11/h3-5H,1-2H3,(H,12,13). The smallest absolute Gasteiger partial charge is 0.335 e. The van der Waals surface area contributed by atoms with E-state index in [1.807, 2.05) is 0 Å². The SMILES string of the molecule is COc1cc(C(=O)O)cc(OC)c1C=O. The zero-order valence-electron chi connectivity index (χ0n) is 8.31. The number of carbonyl (C=O) groups excluding carboxylic acids is 1. The molecule has 5 heteroatoms. The first-order valence-corrected chi connectivity index (χ1v) is 4.08. The minimum atomic E-state index is -1.11. The highest BCUT2D eigenvalue weighted by Crippen LogP contribution is 2.28. The summed E-state index contributed by atoms with van der Waals surface area (Å²) in [5.74, 6) is -0.743. The number of carboxylic acid groups (broad SMARTS) is 1. The number of methoxy groups -OCH3 is 2. The summed E-state index contributed by atoms with van der Waals surface area (Å²) >= 11 is 0. The van der Waals surface area contributed by atoms with Crippen molar-refractivity contribution in [1.29, 1.82) is 0 Å². The van der Waals surface area contributed by atoms with Gasteiger partial charge in [0.15, 0.2) is 6.29 Å². The van der Waals surface area contributed by atoms with Crippen LogP contribution in [0.25, 0.3) is 0 Å². The van der Waals surface area contributed by atoms with Crippen molar-refractivity contribution in [2.24, 2.45) is 0 Å². The van der Waals surface area contributed by atoms with Crippen LogP contribution in [-0.4, -0.2) is 31.6 Å². The molecule has 0 atom stereocenters. The van der Waals surface area contributed by atoms with Gasteiger partial charge in [0.25, 0.3) is 0 Å². The molecule has 0 aliphatic heterocycles. The van der Waals surface area contributed by atoms with Crippen molar-refractivity contribution in [3.63, 3.8) is 0 Å².